The van der Waals surface area contributed by atoms with Gasteiger partial charge in [0.15, 0.2) is 0 Å². The predicted molar refractivity (Wildman–Crippen MR) is 65.1 cm³/mol. The molecule has 0 bridgehead atoms. The Kier molecular flexibility index (Phi) is 3.85. The van der Waals surface area contributed by atoms with Gasteiger partial charge in [-0.3, -0.25) is 4.79 Å². The summed E-state index contributed by atoms with van der Waals surface area (Å²) in [6, 6.07) is 0.364. The van der Waals surface area contributed by atoms with E-state index in [1.807, 2.05) is 0 Å². The van der Waals surface area contributed by atoms with Crippen molar-refractivity contribution in [1.82, 2.24) is 10.6 Å². The standard InChI is InChI=1S/C13H24N2O/c1-9-7-14-8-12(9)13(16)15-10(2)11-5-3-4-6-11/h9-12,14H,3-8H2,1-2H3,(H,15,16)/t9-,10-,12-/m1/s1. The molecule has 1 heterocycles. The molecule has 0 radical (unpaired) electrons. The highest BCUT2D eigenvalue weighted by Crippen LogP contribution is 2.28. The van der Waals surface area contributed by atoms with Gasteiger partial charge >= 0.3 is 0 Å². The third-order valence-corrected chi connectivity index (χ3v) is 4.33. The van der Waals surface area contributed by atoms with Gasteiger partial charge in [-0.25, -0.2) is 0 Å². The quantitative estimate of drug-likeness (QED) is 0.763. The van der Waals surface area contributed by atoms with Crippen LogP contribution < -0.4 is 10.6 Å². The van der Waals surface area contributed by atoms with Crippen molar-refractivity contribution >= 4 is 5.91 Å². The lowest BCUT2D eigenvalue weighted by molar-refractivity contribution is -0.126. The van der Waals surface area contributed by atoms with Gasteiger partial charge in [0.25, 0.3) is 0 Å². The third kappa shape index (κ3) is 2.57. The fourth-order valence-electron chi connectivity index (χ4n) is 3.07. The van der Waals surface area contributed by atoms with Crippen molar-refractivity contribution < 1.29 is 4.79 Å². The summed E-state index contributed by atoms with van der Waals surface area (Å²) in [5, 5.41) is 6.50. The molecule has 1 amide bonds. The molecule has 2 rings (SSSR count). The predicted octanol–water partition coefficient (Wildman–Crippen LogP) is 1.54. The van der Waals surface area contributed by atoms with Crippen LogP contribution in [0.4, 0.5) is 0 Å². The maximum Gasteiger partial charge on any atom is 0.224 e. The van der Waals surface area contributed by atoms with E-state index in [1.54, 1.807) is 0 Å². The first-order chi connectivity index (χ1) is 7.68. The summed E-state index contributed by atoms with van der Waals surface area (Å²) in [6.07, 6.45) is 5.26. The molecular weight excluding hydrogens is 200 g/mol. The van der Waals surface area contributed by atoms with E-state index in [9.17, 15) is 4.79 Å². The number of hydrogen-bond donors (Lipinski definition) is 2. The molecule has 0 aromatic carbocycles. The molecule has 0 aromatic rings. The molecule has 0 aromatic heterocycles. The van der Waals surface area contributed by atoms with Crippen LogP contribution in [0.1, 0.15) is 39.5 Å². The Balaban J connectivity index is 1.81. The smallest absolute Gasteiger partial charge is 0.224 e. The molecule has 2 N–H and O–H groups in total. The van der Waals surface area contributed by atoms with Crippen LogP contribution in [0.25, 0.3) is 0 Å². The Morgan fingerprint density at radius 1 is 1.31 bits per heavy atom. The number of rotatable bonds is 3. The summed E-state index contributed by atoms with van der Waals surface area (Å²) in [5.74, 6) is 1.64. The van der Waals surface area contributed by atoms with Crippen LogP contribution in [0, 0.1) is 17.8 Å². The summed E-state index contributed by atoms with van der Waals surface area (Å²) in [5.41, 5.74) is 0. The minimum absolute atomic E-state index is 0.184. The molecule has 1 aliphatic heterocycles. The highest BCUT2D eigenvalue weighted by molar-refractivity contribution is 5.79. The second-order valence-electron chi connectivity index (χ2n) is 5.58. The second kappa shape index (κ2) is 5.17. The maximum absolute atomic E-state index is 12.1. The van der Waals surface area contributed by atoms with Crippen LogP contribution in [0.15, 0.2) is 0 Å². The Labute approximate surface area is 98.4 Å². The van der Waals surface area contributed by atoms with Crippen LogP contribution in [-0.4, -0.2) is 25.0 Å². The zero-order chi connectivity index (χ0) is 11.5. The van der Waals surface area contributed by atoms with Crippen molar-refractivity contribution in [2.45, 2.75) is 45.6 Å². The Morgan fingerprint density at radius 3 is 2.56 bits per heavy atom. The summed E-state index contributed by atoms with van der Waals surface area (Å²) < 4.78 is 0. The minimum atomic E-state index is 0.184. The zero-order valence-electron chi connectivity index (χ0n) is 10.5. The minimum Gasteiger partial charge on any atom is -0.353 e. The Bertz CT molecular complexity index is 248. The molecule has 3 atom stereocenters. The van der Waals surface area contributed by atoms with Crippen molar-refractivity contribution in [3.63, 3.8) is 0 Å². The van der Waals surface area contributed by atoms with Gasteiger partial charge in [-0.15, -0.1) is 0 Å². The average Bonchev–Trinajstić information content (AvgIpc) is 2.86. The van der Waals surface area contributed by atoms with Crippen molar-refractivity contribution in [3.8, 4) is 0 Å². The van der Waals surface area contributed by atoms with Gasteiger partial charge in [-0.1, -0.05) is 19.8 Å². The van der Waals surface area contributed by atoms with Crippen molar-refractivity contribution in [1.29, 1.82) is 0 Å². The average molecular weight is 224 g/mol. The monoisotopic (exact) mass is 224 g/mol. The molecule has 0 spiro atoms. The lowest BCUT2D eigenvalue weighted by Crippen LogP contribution is -2.42. The van der Waals surface area contributed by atoms with Gasteiger partial charge < -0.3 is 10.6 Å². The topological polar surface area (TPSA) is 41.1 Å². The molecule has 16 heavy (non-hydrogen) atoms. The Hall–Kier alpha value is -0.570. The Morgan fingerprint density at radius 2 is 2.00 bits per heavy atom. The van der Waals surface area contributed by atoms with Gasteiger partial charge in [0.05, 0.1) is 5.92 Å². The fraction of sp³-hybridized carbons (Fsp3) is 0.923. The third-order valence-electron chi connectivity index (χ3n) is 4.33. The fourth-order valence-corrected chi connectivity index (χ4v) is 3.07. The van der Waals surface area contributed by atoms with E-state index in [0.717, 1.165) is 13.1 Å². The molecule has 1 aliphatic carbocycles. The molecule has 1 saturated heterocycles. The second-order valence-corrected chi connectivity index (χ2v) is 5.58. The van der Waals surface area contributed by atoms with Gasteiger partial charge in [0.2, 0.25) is 5.91 Å². The molecule has 2 fully saturated rings. The highest BCUT2D eigenvalue weighted by atomic mass is 16.2. The van der Waals surface area contributed by atoms with Crippen molar-refractivity contribution in [2.75, 3.05) is 13.1 Å². The van der Waals surface area contributed by atoms with Crippen molar-refractivity contribution in [2.24, 2.45) is 17.8 Å². The largest absolute Gasteiger partial charge is 0.353 e. The highest BCUT2D eigenvalue weighted by Gasteiger charge is 2.31. The number of amides is 1. The number of carbonyl (C=O) groups is 1. The molecule has 1 saturated carbocycles. The van der Waals surface area contributed by atoms with Gasteiger partial charge in [0.1, 0.15) is 0 Å². The lowest BCUT2D eigenvalue weighted by Gasteiger charge is -2.23. The molecule has 92 valence electrons. The van der Waals surface area contributed by atoms with Crippen LogP contribution in [0.3, 0.4) is 0 Å². The van der Waals surface area contributed by atoms with Gasteiger partial charge in [0, 0.05) is 12.6 Å². The molecule has 2 aliphatic rings. The number of nitrogens with one attached hydrogen (secondary N) is 2. The molecule has 3 nitrogen and oxygen atoms in total. The summed E-state index contributed by atoms with van der Waals surface area (Å²) in [4.78, 5) is 12.1. The normalized spacial score (nSPS) is 32.9. The SMILES string of the molecule is C[C@@H]1CNC[C@H]1C(=O)N[C@H](C)C1CCCC1. The number of hydrogen-bond acceptors (Lipinski definition) is 2. The van der Waals surface area contributed by atoms with Crippen LogP contribution in [0.5, 0.6) is 0 Å². The first-order valence-electron chi connectivity index (χ1n) is 6.69. The van der Waals surface area contributed by atoms with E-state index in [0.29, 0.717) is 17.9 Å². The van der Waals surface area contributed by atoms with E-state index in [-0.39, 0.29) is 11.8 Å². The summed E-state index contributed by atoms with van der Waals surface area (Å²) in [7, 11) is 0. The molecular formula is C13H24N2O. The number of carbonyl (C=O) groups excluding carboxylic acids is 1. The van der Waals surface area contributed by atoms with E-state index in [2.05, 4.69) is 24.5 Å². The van der Waals surface area contributed by atoms with Gasteiger partial charge in [-0.05, 0) is 38.1 Å². The van der Waals surface area contributed by atoms with Crippen LogP contribution >= 0.6 is 0 Å². The first kappa shape index (κ1) is 11.9. The van der Waals surface area contributed by atoms with Crippen LogP contribution in [0.2, 0.25) is 0 Å². The first-order valence-corrected chi connectivity index (χ1v) is 6.69. The molecule has 0 unspecified atom stereocenters. The van der Waals surface area contributed by atoms with Crippen LogP contribution in [-0.2, 0) is 4.79 Å². The van der Waals surface area contributed by atoms with E-state index in [1.165, 1.54) is 25.7 Å². The summed E-state index contributed by atoms with van der Waals surface area (Å²) in [6.45, 7) is 6.16. The van der Waals surface area contributed by atoms with Crippen molar-refractivity contribution in [3.05, 3.63) is 0 Å². The summed E-state index contributed by atoms with van der Waals surface area (Å²) >= 11 is 0. The zero-order valence-corrected chi connectivity index (χ0v) is 10.5. The maximum atomic E-state index is 12.1. The van der Waals surface area contributed by atoms with Gasteiger partial charge in [-0.2, -0.15) is 0 Å². The van der Waals surface area contributed by atoms with E-state index < -0.39 is 0 Å². The van der Waals surface area contributed by atoms with E-state index >= 15 is 0 Å². The lowest BCUT2D eigenvalue weighted by atomic mass is 9.95. The molecule has 3 heteroatoms. The van der Waals surface area contributed by atoms with E-state index in [4.69, 9.17) is 0 Å².